The zero-order valence-electron chi connectivity index (χ0n) is 26.0. The van der Waals surface area contributed by atoms with Crippen LogP contribution in [0.4, 0.5) is 5.69 Å². The van der Waals surface area contributed by atoms with Crippen molar-refractivity contribution >= 4 is 35.0 Å². The van der Waals surface area contributed by atoms with Crippen LogP contribution in [0.3, 0.4) is 0 Å². The number of phenolic OH excluding ortho intramolecular Hbond substituents is 1. The summed E-state index contributed by atoms with van der Waals surface area (Å²) >= 11 is 0. The van der Waals surface area contributed by atoms with Gasteiger partial charge in [0.15, 0.2) is 0 Å². The van der Waals surface area contributed by atoms with Gasteiger partial charge in [-0.3, -0.25) is 9.59 Å². The Bertz CT molecular complexity index is 1590. The lowest BCUT2D eigenvalue weighted by atomic mass is 9.85. The number of aromatic carboxylic acids is 1. The first-order valence-electron chi connectivity index (χ1n) is 15.0. The van der Waals surface area contributed by atoms with Gasteiger partial charge in [-0.2, -0.15) is 0 Å². The van der Waals surface area contributed by atoms with E-state index in [1.807, 2.05) is 45.9 Å². The number of ether oxygens (including phenoxy) is 1. The highest BCUT2D eigenvalue weighted by Gasteiger charge is 2.32. The van der Waals surface area contributed by atoms with Crippen LogP contribution < -0.4 is 15.4 Å². The second-order valence-electron chi connectivity index (χ2n) is 10.8. The number of hydrogen-bond donors (Lipinski definition) is 4. The highest BCUT2D eigenvalue weighted by Crippen LogP contribution is 2.41. The van der Waals surface area contributed by atoms with Crippen molar-refractivity contribution < 1.29 is 39.0 Å². The molecule has 1 aliphatic carbocycles. The van der Waals surface area contributed by atoms with E-state index in [0.29, 0.717) is 40.5 Å². The minimum Gasteiger partial charge on any atom is -0.507 e. The Morgan fingerprint density at radius 2 is 1.67 bits per heavy atom. The van der Waals surface area contributed by atoms with E-state index in [1.165, 1.54) is 6.07 Å². The van der Waals surface area contributed by atoms with Crippen LogP contribution in [0.2, 0.25) is 0 Å². The number of phenols is 1. The third kappa shape index (κ3) is 7.72. The number of aryl methyl sites for hydroxylation is 1. The fourth-order valence-corrected chi connectivity index (χ4v) is 5.33. The van der Waals surface area contributed by atoms with Crippen LogP contribution in [-0.2, 0) is 19.2 Å². The van der Waals surface area contributed by atoms with Gasteiger partial charge in [0.05, 0.1) is 18.6 Å². The van der Waals surface area contributed by atoms with Crippen molar-refractivity contribution in [3.8, 4) is 11.5 Å². The number of hydrogen-bond acceptors (Lipinski definition) is 9. The molecule has 2 aromatic rings. The molecule has 1 fully saturated rings. The van der Waals surface area contributed by atoms with Crippen molar-refractivity contribution in [3.63, 3.8) is 0 Å². The number of carboxylic acids is 1. The summed E-state index contributed by atoms with van der Waals surface area (Å²) in [6.45, 7) is 9.39. The van der Waals surface area contributed by atoms with E-state index >= 15 is 0 Å². The molecule has 0 saturated carbocycles. The molecule has 2 aromatic carbocycles. The van der Waals surface area contributed by atoms with Crippen LogP contribution in [-0.4, -0.2) is 58.7 Å². The van der Waals surface area contributed by atoms with Gasteiger partial charge in [-0.05, 0) is 87.1 Å². The average Bonchev–Trinajstić information content (AvgIpc) is 3.31. The number of allylic oxidation sites excluding steroid dienone is 4. The fraction of sp³-hybridized carbons (Fsp3) is 0.353. The Morgan fingerprint density at radius 1 is 0.956 bits per heavy atom. The lowest BCUT2D eigenvalue weighted by Gasteiger charge is -2.23. The van der Waals surface area contributed by atoms with Gasteiger partial charge in [0.2, 0.25) is 0 Å². The smallest absolute Gasteiger partial charge is 0.336 e. The van der Waals surface area contributed by atoms with Crippen LogP contribution in [0.1, 0.15) is 79.9 Å². The Balaban J connectivity index is 1.67. The van der Waals surface area contributed by atoms with Gasteiger partial charge in [0.1, 0.15) is 11.5 Å². The van der Waals surface area contributed by atoms with Crippen LogP contribution in [0, 0.1) is 6.92 Å². The van der Waals surface area contributed by atoms with Crippen LogP contribution in [0.15, 0.2) is 59.3 Å². The lowest BCUT2D eigenvalue weighted by Crippen LogP contribution is -2.32. The number of hydroxylamine groups is 2. The monoisotopic (exact) mass is 617 g/mol. The number of nitrogens with one attached hydrogen (secondary N) is 2. The number of carbonyl (C=O) groups excluding carboxylic acids is 3. The highest BCUT2D eigenvalue weighted by atomic mass is 16.7. The maximum absolute atomic E-state index is 12.5. The maximum Gasteiger partial charge on any atom is 0.336 e. The van der Waals surface area contributed by atoms with E-state index in [1.54, 1.807) is 18.2 Å². The SMILES string of the molecule is CCNC1=CC/C(=C(\c2cc(C)c(NCC)cc2O)c2cc(OCCCC(=O)ON3C(=O)CCC3=O)ccc2C(=O)O)C=C1C. The van der Waals surface area contributed by atoms with Gasteiger partial charge in [0.25, 0.3) is 11.8 Å². The second-order valence-corrected chi connectivity index (χ2v) is 10.8. The summed E-state index contributed by atoms with van der Waals surface area (Å²) in [4.78, 5) is 52.9. The molecule has 4 rings (SSSR count). The van der Waals surface area contributed by atoms with E-state index in [9.17, 15) is 29.4 Å². The molecule has 2 amide bonds. The number of carbonyl (C=O) groups is 4. The number of benzene rings is 2. The van der Waals surface area contributed by atoms with Gasteiger partial charge in [0, 0.05) is 54.5 Å². The largest absolute Gasteiger partial charge is 0.507 e. The number of imide groups is 1. The predicted molar refractivity (Wildman–Crippen MR) is 168 cm³/mol. The fourth-order valence-electron chi connectivity index (χ4n) is 5.33. The molecular weight excluding hydrogens is 578 g/mol. The number of nitrogens with zero attached hydrogens (tertiary/aromatic N) is 1. The zero-order valence-corrected chi connectivity index (χ0v) is 26.0. The van der Waals surface area contributed by atoms with Gasteiger partial charge in [-0.1, -0.05) is 12.2 Å². The van der Waals surface area contributed by atoms with Crippen LogP contribution in [0.25, 0.3) is 5.57 Å². The molecule has 0 atom stereocenters. The van der Waals surface area contributed by atoms with Crippen LogP contribution >= 0.6 is 0 Å². The Kier molecular flexibility index (Phi) is 10.7. The van der Waals surface area contributed by atoms with Crippen molar-refractivity contribution in [1.29, 1.82) is 0 Å². The maximum atomic E-state index is 12.5. The third-order valence-corrected chi connectivity index (χ3v) is 7.49. The summed E-state index contributed by atoms with van der Waals surface area (Å²) in [5, 5.41) is 28.6. The van der Waals surface area contributed by atoms with Crippen molar-refractivity contribution in [2.24, 2.45) is 0 Å². The standard InChI is InChI=1S/C34H39N3O8/c1-5-35-27-12-9-22(16-20(27)3)33(26-17-21(4)28(36-6-2)19-29(26)38)25-18-23(10-11-24(25)34(42)43)44-15-7-8-32(41)45-37-30(39)13-14-31(37)40/h10-12,16-19,35-36,38H,5-9,13-15H2,1-4H3,(H,42,43)/b33-22+. The Labute approximate surface area is 262 Å². The molecule has 1 heterocycles. The number of anilines is 1. The Hall–Kier alpha value is -5.06. The summed E-state index contributed by atoms with van der Waals surface area (Å²) in [6, 6.07) is 8.13. The molecule has 0 unspecified atom stereocenters. The molecule has 1 saturated heterocycles. The quantitative estimate of drug-likeness (QED) is 0.173. The summed E-state index contributed by atoms with van der Waals surface area (Å²) in [6.07, 6.45) is 4.71. The molecule has 2 aliphatic rings. The van der Waals surface area contributed by atoms with Gasteiger partial charge < -0.3 is 30.4 Å². The number of aromatic hydroxyl groups is 1. The number of likely N-dealkylation sites (N-methyl/N-ethyl adjacent to an activating group) is 1. The van der Waals surface area contributed by atoms with E-state index in [-0.39, 0.29) is 43.6 Å². The predicted octanol–water partition coefficient (Wildman–Crippen LogP) is 5.24. The Morgan fingerprint density at radius 3 is 2.31 bits per heavy atom. The normalized spacial score (nSPS) is 15.8. The minimum atomic E-state index is -1.13. The first-order valence-corrected chi connectivity index (χ1v) is 15.0. The third-order valence-electron chi connectivity index (χ3n) is 7.49. The van der Waals surface area contributed by atoms with Crippen molar-refractivity contribution in [3.05, 3.63) is 81.6 Å². The molecule has 0 spiro atoms. The molecule has 11 heteroatoms. The van der Waals surface area contributed by atoms with Crippen molar-refractivity contribution in [1.82, 2.24) is 10.4 Å². The molecule has 0 bridgehead atoms. The van der Waals surface area contributed by atoms with E-state index in [0.717, 1.165) is 34.6 Å². The van der Waals surface area contributed by atoms with E-state index < -0.39 is 23.8 Å². The van der Waals surface area contributed by atoms with Crippen molar-refractivity contribution in [2.45, 2.75) is 59.8 Å². The first-order chi connectivity index (χ1) is 21.5. The molecule has 4 N–H and O–H groups in total. The van der Waals surface area contributed by atoms with Gasteiger partial charge in [-0.15, -0.1) is 5.06 Å². The van der Waals surface area contributed by atoms with E-state index in [4.69, 9.17) is 9.57 Å². The molecule has 45 heavy (non-hydrogen) atoms. The number of carboxylic acid groups (broad SMARTS) is 1. The number of amides is 2. The van der Waals surface area contributed by atoms with Gasteiger partial charge >= 0.3 is 11.9 Å². The average molecular weight is 618 g/mol. The molecule has 238 valence electrons. The molecule has 1 aliphatic heterocycles. The minimum absolute atomic E-state index is 0.00250. The molecule has 0 radical (unpaired) electrons. The molecular formula is C34H39N3O8. The second kappa shape index (κ2) is 14.6. The highest BCUT2D eigenvalue weighted by molar-refractivity contribution is 6.02. The molecule has 0 aromatic heterocycles. The zero-order chi connectivity index (χ0) is 32.7. The summed E-state index contributed by atoms with van der Waals surface area (Å²) in [5.74, 6) is -2.59. The topological polar surface area (TPSA) is 154 Å². The van der Waals surface area contributed by atoms with Gasteiger partial charge in [-0.25, -0.2) is 9.59 Å². The van der Waals surface area contributed by atoms with Crippen molar-refractivity contribution in [2.75, 3.05) is 25.0 Å². The summed E-state index contributed by atoms with van der Waals surface area (Å²) < 4.78 is 5.91. The van der Waals surface area contributed by atoms with E-state index in [2.05, 4.69) is 10.6 Å². The lowest BCUT2D eigenvalue weighted by molar-refractivity contribution is -0.197. The number of rotatable bonds is 13. The van der Waals surface area contributed by atoms with Crippen LogP contribution in [0.5, 0.6) is 11.5 Å². The molecule has 11 nitrogen and oxygen atoms in total. The summed E-state index contributed by atoms with van der Waals surface area (Å²) in [5.41, 5.74) is 5.92. The first kappa shape index (κ1) is 32.8. The summed E-state index contributed by atoms with van der Waals surface area (Å²) in [7, 11) is 0.